The zero-order valence-corrected chi connectivity index (χ0v) is 16.5. The Morgan fingerprint density at radius 3 is 2.79 bits per heavy atom. The van der Waals surface area contributed by atoms with Crippen LogP contribution in [0.4, 0.5) is 4.39 Å². The molecule has 2 fully saturated rings. The van der Waals surface area contributed by atoms with Gasteiger partial charge in [0.05, 0.1) is 30.8 Å². The van der Waals surface area contributed by atoms with Crippen LogP contribution < -0.4 is 0 Å². The van der Waals surface area contributed by atoms with Crippen LogP contribution in [0.3, 0.4) is 0 Å². The van der Waals surface area contributed by atoms with E-state index in [9.17, 15) is 14.3 Å². The normalized spacial score (nSPS) is 32.9. The number of aliphatic hydroxyl groups is 1. The number of thioether (sulfide) groups is 1. The highest BCUT2D eigenvalue weighted by molar-refractivity contribution is 8.00. The molecule has 0 bridgehead atoms. The molecule has 2 aliphatic heterocycles. The van der Waals surface area contributed by atoms with E-state index in [1.54, 1.807) is 17.8 Å². The lowest BCUT2D eigenvalue weighted by Gasteiger charge is -2.25. The number of nitrogens with zero attached hydrogens (tertiary/aromatic N) is 2. The number of amides is 1. The Morgan fingerprint density at radius 1 is 1.21 bits per heavy atom. The minimum Gasteiger partial charge on any atom is -0.493 e. The first-order valence-electron chi connectivity index (χ1n) is 9.87. The predicted octanol–water partition coefficient (Wildman–Crippen LogP) is 2.82. The monoisotopic (exact) mass is 408 g/mol. The smallest absolute Gasteiger partial charge is 0.263 e. The molecule has 2 heterocycles. The Morgan fingerprint density at radius 2 is 2.04 bits per heavy atom. The number of hydrogen-bond acceptors (Lipinski definition) is 6. The minimum atomic E-state index is -1.04. The third-order valence-electron chi connectivity index (χ3n) is 5.49. The van der Waals surface area contributed by atoms with Crippen molar-refractivity contribution in [3.63, 3.8) is 0 Å². The first-order chi connectivity index (χ1) is 13.6. The fourth-order valence-electron chi connectivity index (χ4n) is 3.82. The third-order valence-corrected chi connectivity index (χ3v) is 6.86. The Hall–Kier alpha value is -1.51. The highest BCUT2D eigenvalue weighted by atomic mass is 32.2. The lowest BCUT2D eigenvalue weighted by Crippen LogP contribution is -2.31. The second-order valence-corrected chi connectivity index (χ2v) is 8.98. The molecule has 2 atom stereocenters. The molecule has 0 spiro atoms. The number of carbonyl (C=O) groups is 1. The molecule has 0 aromatic carbocycles. The highest BCUT2D eigenvalue weighted by Gasteiger charge is 2.35. The highest BCUT2D eigenvalue weighted by Crippen LogP contribution is 2.31. The number of rotatable bonds is 6. The molecule has 2 aliphatic carbocycles. The van der Waals surface area contributed by atoms with Crippen molar-refractivity contribution in [3.8, 4) is 0 Å². The Kier molecular flexibility index (Phi) is 6.28. The predicted molar refractivity (Wildman–Crippen MR) is 106 cm³/mol. The van der Waals surface area contributed by atoms with E-state index in [-0.39, 0.29) is 6.10 Å². The largest absolute Gasteiger partial charge is 0.493 e. The molecule has 1 unspecified atom stereocenters. The standard InChI is InChI=1S/C20H25FN2O4S/c21-16-7-14(27-10-12-5-6-26-9-12)8-17-19(16)20(25)23-18(22-17)11-28-15-3-1-13(24)2-4-15/h7-8,12-13,15,19,24H,1-6,9-11H2/t12-,13?,15?,19?/m1/s1. The van der Waals surface area contributed by atoms with E-state index in [1.807, 2.05) is 0 Å². The van der Waals surface area contributed by atoms with Gasteiger partial charge in [-0.25, -0.2) is 9.38 Å². The van der Waals surface area contributed by atoms with Crippen LogP contribution >= 0.6 is 11.8 Å². The van der Waals surface area contributed by atoms with E-state index in [0.717, 1.165) is 38.7 Å². The van der Waals surface area contributed by atoms with Crippen LogP contribution in [0.5, 0.6) is 0 Å². The number of ether oxygens (including phenoxy) is 2. The molecule has 0 radical (unpaired) electrons. The molecule has 1 saturated heterocycles. The molecule has 152 valence electrons. The minimum absolute atomic E-state index is 0.192. The number of fused-ring (bicyclic) bond motifs is 1. The van der Waals surface area contributed by atoms with Gasteiger partial charge in [-0.05, 0) is 32.1 Å². The van der Waals surface area contributed by atoms with Gasteiger partial charge in [0, 0.05) is 29.9 Å². The lowest BCUT2D eigenvalue weighted by molar-refractivity contribution is -0.119. The van der Waals surface area contributed by atoms with Crippen molar-refractivity contribution in [1.29, 1.82) is 0 Å². The van der Waals surface area contributed by atoms with Gasteiger partial charge in [0.2, 0.25) is 0 Å². The van der Waals surface area contributed by atoms with Crippen LogP contribution in [0.2, 0.25) is 0 Å². The van der Waals surface area contributed by atoms with Crippen molar-refractivity contribution in [1.82, 2.24) is 0 Å². The van der Waals surface area contributed by atoms with Gasteiger partial charge in [0.25, 0.3) is 5.91 Å². The molecule has 0 aromatic heterocycles. The number of hydrogen-bond donors (Lipinski definition) is 1. The Labute approximate surface area is 168 Å². The van der Waals surface area contributed by atoms with E-state index in [0.29, 0.717) is 47.4 Å². The van der Waals surface area contributed by atoms with Gasteiger partial charge in [-0.1, -0.05) is 0 Å². The molecular formula is C20H25FN2O4S. The van der Waals surface area contributed by atoms with Crippen LogP contribution in [0.1, 0.15) is 32.1 Å². The molecule has 28 heavy (non-hydrogen) atoms. The fraction of sp³-hybridized carbons (Fsp3) is 0.650. The van der Waals surface area contributed by atoms with E-state index in [1.165, 1.54) is 6.08 Å². The molecule has 8 heteroatoms. The third kappa shape index (κ3) is 4.72. The van der Waals surface area contributed by atoms with Crippen molar-refractivity contribution in [2.24, 2.45) is 21.8 Å². The first kappa shape index (κ1) is 19.8. The summed E-state index contributed by atoms with van der Waals surface area (Å²) in [6.45, 7) is 1.86. The number of amidine groups is 1. The van der Waals surface area contributed by atoms with Crippen molar-refractivity contribution < 1.29 is 23.8 Å². The van der Waals surface area contributed by atoms with Crippen molar-refractivity contribution in [3.05, 3.63) is 23.7 Å². The van der Waals surface area contributed by atoms with Gasteiger partial charge in [0.15, 0.2) is 0 Å². The zero-order valence-electron chi connectivity index (χ0n) is 15.7. The lowest BCUT2D eigenvalue weighted by atomic mass is 9.94. The summed E-state index contributed by atoms with van der Waals surface area (Å²) in [6.07, 6.45) is 7.18. The van der Waals surface area contributed by atoms with Crippen LogP contribution in [-0.4, -0.2) is 59.5 Å². The summed E-state index contributed by atoms with van der Waals surface area (Å²) in [7, 11) is 0. The van der Waals surface area contributed by atoms with E-state index < -0.39 is 17.7 Å². The summed E-state index contributed by atoms with van der Waals surface area (Å²) in [5.74, 6) is -0.469. The Balaban J connectivity index is 1.39. The summed E-state index contributed by atoms with van der Waals surface area (Å²) in [4.78, 5) is 20.8. The van der Waals surface area contributed by atoms with E-state index >= 15 is 0 Å². The van der Waals surface area contributed by atoms with Gasteiger partial charge in [-0.2, -0.15) is 16.8 Å². The Bertz CT molecular complexity index is 734. The van der Waals surface area contributed by atoms with E-state index in [2.05, 4.69) is 9.98 Å². The molecule has 4 aliphatic rings. The number of carbonyl (C=O) groups excluding carboxylic acids is 1. The van der Waals surface area contributed by atoms with Crippen LogP contribution in [-0.2, 0) is 14.3 Å². The van der Waals surface area contributed by atoms with Gasteiger partial charge >= 0.3 is 0 Å². The summed E-state index contributed by atoms with van der Waals surface area (Å²) in [5, 5.41) is 10.0. The molecular weight excluding hydrogens is 383 g/mol. The maximum absolute atomic E-state index is 14.5. The van der Waals surface area contributed by atoms with Crippen molar-refractivity contribution in [2.75, 3.05) is 25.6 Å². The summed E-state index contributed by atoms with van der Waals surface area (Å²) < 4.78 is 25.5. The molecule has 4 rings (SSSR count). The molecule has 0 aromatic rings. The summed E-state index contributed by atoms with van der Waals surface area (Å²) in [5.41, 5.74) is 0.368. The average Bonchev–Trinajstić information content (AvgIpc) is 3.19. The maximum Gasteiger partial charge on any atom is 0.263 e. The van der Waals surface area contributed by atoms with Gasteiger partial charge < -0.3 is 14.6 Å². The van der Waals surface area contributed by atoms with Gasteiger partial charge in [-0.15, -0.1) is 0 Å². The van der Waals surface area contributed by atoms with Crippen LogP contribution in [0, 0.1) is 11.8 Å². The van der Waals surface area contributed by atoms with E-state index in [4.69, 9.17) is 9.47 Å². The number of halogens is 1. The van der Waals surface area contributed by atoms with Gasteiger partial charge in [0.1, 0.15) is 23.3 Å². The zero-order chi connectivity index (χ0) is 19.5. The number of aliphatic hydroxyl groups excluding tert-OH is 1. The quantitative estimate of drug-likeness (QED) is 0.731. The van der Waals surface area contributed by atoms with Gasteiger partial charge in [-0.3, -0.25) is 4.79 Å². The SMILES string of the molecule is O=C1N=C(CSC2CCC(O)CC2)N=C2C=C(OC[C@@H]3CCOC3)C=C(F)C12. The first-order valence-corrected chi connectivity index (χ1v) is 10.9. The van der Waals surface area contributed by atoms with Crippen molar-refractivity contribution in [2.45, 2.75) is 43.5 Å². The van der Waals surface area contributed by atoms with Crippen LogP contribution in [0.15, 0.2) is 33.7 Å². The molecule has 6 nitrogen and oxygen atoms in total. The fourth-order valence-corrected chi connectivity index (χ4v) is 4.94. The van der Waals surface area contributed by atoms with Crippen LogP contribution in [0.25, 0.3) is 0 Å². The number of allylic oxidation sites excluding steroid dienone is 2. The second-order valence-electron chi connectivity index (χ2n) is 7.69. The topological polar surface area (TPSA) is 80.5 Å². The molecule has 1 amide bonds. The van der Waals surface area contributed by atoms with Crippen molar-refractivity contribution >= 4 is 29.2 Å². The summed E-state index contributed by atoms with van der Waals surface area (Å²) >= 11 is 1.70. The average molecular weight is 408 g/mol. The molecule has 1 N–H and O–H groups in total. The summed E-state index contributed by atoms with van der Waals surface area (Å²) in [6, 6.07) is 0. The number of aliphatic imine (C=N–C) groups is 2. The molecule has 1 saturated carbocycles. The maximum atomic E-state index is 14.5. The second kappa shape index (κ2) is 8.88.